The molecule has 0 aromatic heterocycles. The Hall–Kier alpha value is -1.51. The van der Waals surface area contributed by atoms with Gasteiger partial charge in [-0.15, -0.1) is 0 Å². The second-order valence-corrected chi connectivity index (χ2v) is 4.69. The largest absolute Gasteiger partial charge is 0.398 e. The summed E-state index contributed by atoms with van der Waals surface area (Å²) in [5, 5.41) is 0. The summed E-state index contributed by atoms with van der Waals surface area (Å²) < 4.78 is 0. The van der Waals surface area contributed by atoms with Crippen LogP contribution in [-0.4, -0.2) is 12.5 Å². The van der Waals surface area contributed by atoms with Crippen LogP contribution in [0.25, 0.3) is 0 Å². The molecular formula is C13H18N2O. The fourth-order valence-electron chi connectivity index (χ4n) is 2.05. The number of piperidine rings is 1. The minimum atomic E-state index is 0.210. The lowest BCUT2D eigenvalue weighted by atomic mass is 9.99. The molecule has 0 saturated carbocycles. The smallest absolute Gasteiger partial charge is 0.226 e. The number of hydrogen-bond acceptors (Lipinski definition) is 2. The molecule has 3 nitrogen and oxygen atoms in total. The van der Waals surface area contributed by atoms with Gasteiger partial charge in [0.2, 0.25) is 5.91 Å². The number of rotatable bonds is 1. The van der Waals surface area contributed by atoms with Crippen molar-refractivity contribution in [3.05, 3.63) is 23.8 Å². The first-order chi connectivity index (χ1) is 7.58. The van der Waals surface area contributed by atoms with Gasteiger partial charge in [-0.3, -0.25) is 4.79 Å². The quantitative estimate of drug-likeness (QED) is 0.735. The average molecular weight is 218 g/mol. The molecule has 2 N–H and O–H groups in total. The summed E-state index contributed by atoms with van der Waals surface area (Å²) in [7, 11) is 0. The molecule has 0 radical (unpaired) electrons. The van der Waals surface area contributed by atoms with E-state index in [9.17, 15) is 4.79 Å². The fraction of sp³-hybridized carbons (Fsp3) is 0.462. The van der Waals surface area contributed by atoms with Crippen molar-refractivity contribution in [3.8, 4) is 0 Å². The molecule has 1 heterocycles. The van der Waals surface area contributed by atoms with Crippen LogP contribution in [0.2, 0.25) is 0 Å². The Bertz CT molecular complexity index is 414. The molecular weight excluding hydrogens is 200 g/mol. The first kappa shape index (κ1) is 11.0. The van der Waals surface area contributed by atoms with Gasteiger partial charge in [0.25, 0.3) is 0 Å². The lowest BCUT2D eigenvalue weighted by molar-refractivity contribution is -0.120. The summed E-state index contributed by atoms with van der Waals surface area (Å²) in [5.41, 5.74) is 8.61. The monoisotopic (exact) mass is 218 g/mol. The maximum absolute atomic E-state index is 11.8. The Morgan fingerprint density at radius 3 is 2.88 bits per heavy atom. The number of hydrogen-bond donors (Lipinski definition) is 1. The molecule has 1 atom stereocenters. The number of nitrogens with zero attached hydrogens (tertiary/aromatic N) is 1. The van der Waals surface area contributed by atoms with Gasteiger partial charge in [0.05, 0.1) is 0 Å². The molecule has 86 valence electrons. The van der Waals surface area contributed by atoms with E-state index in [0.717, 1.165) is 29.9 Å². The highest BCUT2D eigenvalue weighted by Crippen LogP contribution is 2.26. The second kappa shape index (κ2) is 4.16. The third-order valence-electron chi connectivity index (χ3n) is 3.22. The zero-order chi connectivity index (χ0) is 11.7. The number of benzene rings is 1. The SMILES string of the molecule is Cc1ccc(N2CC(C)CCC2=O)cc1N. The van der Waals surface area contributed by atoms with Crippen LogP contribution in [0, 0.1) is 12.8 Å². The summed E-state index contributed by atoms with van der Waals surface area (Å²) >= 11 is 0. The lowest BCUT2D eigenvalue weighted by Gasteiger charge is -2.31. The highest BCUT2D eigenvalue weighted by Gasteiger charge is 2.24. The van der Waals surface area contributed by atoms with Crippen LogP contribution in [0.4, 0.5) is 11.4 Å². The molecule has 0 bridgehead atoms. The number of anilines is 2. The normalized spacial score (nSPS) is 21.2. The zero-order valence-corrected chi connectivity index (χ0v) is 9.86. The molecule has 1 saturated heterocycles. The first-order valence-electron chi connectivity index (χ1n) is 5.74. The van der Waals surface area contributed by atoms with Crippen LogP contribution < -0.4 is 10.6 Å². The van der Waals surface area contributed by atoms with Crippen molar-refractivity contribution >= 4 is 17.3 Å². The second-order valence-electron chi connectivity index (χ2n) is 4.69. The molecule has 1 fully saturated rings. The molecule has 3 heteroatoms. The number of carbonyl (C=O) groups is 1. The van der Waals surface area contributed by atoms with E-state index in [1.165, 1.54) is 0 Å². The van der Waals surface area contributed by atoms with Crippen LogP contribution in [0.5, 0.6) is 0 Å². The lowest BCUT2D eigenvalue weighted by Crippen LogP contribution is -2.39. The summed E-state index contributed by atoms with van der Waals surface area (Å²) in [6.45, 7) is 4.96. The summed E-state index contributed by atoms with van der Waals surface area (Å²) in [6.07, 6.45) is 1.64. The number of amides is 1. The fourth-order valence-corrected chi connectivity index (χ4v) is 2.05. The van der Waals surface area contributed by atoms with Crippen LogP contribution in [0.15, 0.2) is 18.2 Å². The Morgan fingerprint density at radius 2 is 2.19 bits per heavy atom. The van der Waals surface area contributed by atoms with Crippen molar-refractivity contribution in [1.29, 1.82) is 0 Å². The maximum atomic E-state index is 11.8. The summed E-state index contributed by atoms with van der Waals surface area (Å²) in [4.78, 5) is 13.7. The molecule has 1 amide bonds. The number of nitrogens with two attached hydrogens (primary N) is 1. The van der Waals surface area contributed by atoms with Gasteiger partial charge in [-0.1, -0.05) is 13.0 Å². The highest BCUT2D eigenvalue weighted by molar-refractivity contribution is 5.94. The number of aryl methyl sites for hydroxylation is 1. The third kappa shape index (κ3) is 2.03. The van der Waals surface area contributed by atoms with Gasteiger partial charge in [-0.2, -0.15) is 0 Å². The molecule has 0 aliphatic carbocycles. The van der Waals surface area contributed by atoms with Gasteiger partial charge in [-0.25, -0.2) is 0 Å². The average Bonchev–Trinajstić information content (AvgIpc) is 2.26. The molecule has 1 aliphatic heterocycles. The molecule has 16 heavy (non-hydrogen) atoms. The summed E-state index contributed by atoms with van der Waals surface area (Å²) in [6, 6.07) is 5.84. The van der Waals surface area contributed by atoms with Gasteiger partial charge in [0, 0.05) is 24.3 Å². The molecule has 1 unspecified atom stereocenters. The van der Waals surface area contributed by atoms with E-state index in [2.05, 4.69) is 6.92 Å². The molecule has 1 aliphatic rings. The Balaban J connectivity index is 2.28. The van der Waals surface area contributed by atoms with E-state index < -0.39 is 0 Å². The van der Waals surface area contributed by atoms with Gasteiger partial charge in [-0.05, 0) is 37.0 Å². The maximum Gasteiger partial charge on any atom is 0.226 e. The van der Waals surface area contributed by atoms with E-state index in [-0.39, 0.29) is 5.91 Å². The molecule has 1 aromatic carbocycles. The predicted octanol–water partition coefficient (Wildman–Crippen LogP) is 2.34. The molecule has 1 aromatic rings. The van der Waals surface area contributed by atoms with Gasteiger partial charge < -0.3 is 10.6 Å². The van der Waals surface area contributed by atoms with Crippen molar-refractivity contribution < 1.29 is 4.79 Å². The van der Waals surface area contributed by atoms with Gasteiger partial charge in [0.1, 0.15) is 0 Å². The standard InChI is InChI=1S/C13H18N2O/c1-9-3-6-13(16)15(8-9)11-5-4-10(2)12(14)7-11/h4-5,7,9H,3,6,8,14H2,1-2H3. The first-order valence-corrected chi connectivity index (χ1v) is 5.74. The van der Waals surface area contributed by atoms with E-state index in [1.54, 1.807) is 0 Å². The minimum Gasteiger partial charge on any atom is -0.398 e. The van der Waals surface area contributed by atoms with Gasteiger partial charge in [0.15, 0.2) is 0 Å². The Labute approximate surface area is 96.2 Å². The van der Waals surface area contributed by atoms with Crippen LogP contribution >= 0.6 is 0 Å². The zero-order valence-electron chi connectivity index (χ0n) is 9.86. The third-order valence-corrected chi connectivity index (χ3v) is 3.22. The van der Waals surface area contributed by atoms with Crippen LogP contribution in [-0.2, 0) is 4.79 Å². The number of nitrogen functional groups attached to an aromatic ring is 1. The predicted molar refractivity (Wildman–Crippen MR) is 66.3 cm³/mol. The van der Waals surface area contributed by atoms with Crippen molar-refractivity contribution in [2.45, 2.75) is 26.7 Å². The Kier molecular flexibility index (Phi) is 2.86. The van der Waals surface area contributed by atoms with E-state index >= 15 is 0 Å². The van der Waals surface area contributed by atoms with E-state index in [0.29, 0.717) is 12.3 Å². The van der Waals surface area contributed by atoms with Gasteiger partial charge >= 0.3 is 0 Å². The number of carbonyl (C=O) groups excluding carboxylic acids is 1. The van der Waals surface area contributed by atoms with E-state index in [4.69, 9.17) is 5.73 Å². The molecule has 2 rings (SSSR count). The van der Waals surface area contributed by atoms with Crippen molar-refractivity contribution in [1.82, 2.24) is 0 Å². The van der Waals surface area contributed by atoms with E-state index in [1.807, 2.05) is 30.0 Å². The van der Waals surface area contributed by atoms with Crippen LogP contribution in [0.3, 0.4) is 0 Å². The molecule has 0 spiro atoms. The van der Waals surface area contributed by atoms with Crippen molar-refractivity contribution in [2.24, 2.45) is 5.92 Å². The highest BCUT2D eigenvalue weighted by atomic mass is 16.2. The van der Waals surface area contributed by atoms with Crippen LogP contribution in [0.1, 0.15) is 25.3 Å². The van der Waals surface area contributed by atoms with Crippen molar-refractivity contribution in [3.63, 3.8) is 0 Å². The summed E-state index contributed by atoms with van der Waals surface area (Å²) in [5.74, 6) is 0.779. The Morgan fingerprint density at radius 1 is 1.44 bits per heavy atom. The van der Waals surface area contributed by atoms with Crippen molar-refractivity contribution in [2.75, 3.05) is 17.2 Å². The minimum absolute atomic E-state index is 0.210. The topological polar surface area (TPSA) is 46.3 Å².